The zero-order chi connectivity index (χ0) is 21.1. The van der Waals surface area contributed by atoms with Gasteiger partial charge in [0.25, 0.3) is 0 Å². The Bertz CT molecular complexity index is 1410. The molecule has 0 aromatic carbocycles. The van der Waals surface area contributed by atoms with Crippen LogP contribution in [0, 0.1) is 6.92 Å². The van der Waals surface area contributed by atoms with Gasteiger partial charge in [-0.3, -0.25) is 4.68 Å². The molecule has 0 saturated carbocycles. The highest BCUT2D eigenvalue weighted by Crippen LogP contribution is 2.33. The van der Waals surface area contributed by atoms with Crippen molar-refractivity contribution >= 4 is 17.2 Å². The second-order valence-corrected chi connectivity index (χ2v) is 7.55. The average Bonchev–Trinajstić information content (AvgIpc) is 3.52. The van der Waals surface area contributed by atoms with E-state index < -0.39 is 0 Å². The summed E-state index contributed by atoms with van der Waals surface area (Å²) in [6.45, 7) is 3.43. The molecule has 0 saturated heterocycles. The maximum absolute atomic E-state index is 5.59. The van der Waals surface area contributed by atoms with E-state index in [9.17, 15) is 0 Å². The van der Waals surface area contributed by atoms with Gasteiger partial charge in [0, 0.05) is 50.5 Å². The molecule has 0 bridgehead atoms. The average molecular weight is 416 g/mol. The molecule has 11 heteroatoms. The minimum absolute atomic E-state index is 0.507. The Morgan fingerprint density at radius 2 is 2.03 bits per heavy atom. The minimum atomic E-state index is 0.507. The Balaban J connectivity index is 1.54. The summed E-state index contributed by atoms with van der Waals surface area (Å²) in [6, 6.07) is 3.86. The SMILES string of the molecule is Cc1c(-c2ccn(C)n2)cn2nc(-c3nccn3C)nc(Nc3cc4n(n3)CCO4)c12. The minimum Gasteiger partial charge on any atom is -0.476 e. The van der Waals surface area contributed by atoms with E-state index in [4.69, 9.17) is 14.8 Å². The third-order valence-electron chi connectivity index (χ3n) is 5.44. The summed E-state index contributed by atoms with van der Waals surface area (Å²) in [6.07, 6.45) is 7.50. The molecule has 31 heavy (non-hydrogen) atoms. The Morgan fingerprint density at radius 1 is 1.13 bits per heavy atom. The third kappa shape index (κ3) is 2.77. The smallest absolute Gasteiger partial charge is 0.218 e. The summed E-state index contributed by atoms with van der Waals surface area (Å²) in [5.41, 5.74) is 3.75. The van der Waals surface area contributed by atoms with E-state index in [1.54, 1.807) is 10.9 Å². The number of ether oxygens (including phenoxy) is 1. The van der Waals surface area contributed by atoms with E-state index in [1.807, 2.05) is 65.5 Å². The van der Waals surface area contributed by atoms with Gasteiger partial charge in [0.15, 0.2) is 17.5 Å². The van der Waals surface area contributed by atoms with Gasteiger partial charge >= 0.3 is 0 Å². The number of nitrogens with zero attached hydrogens (tertiary/aromatic N) is 9. The maximum Gasteiger partial charge on any atom is 0.218 e. The fourth-order valence-corrected chi connectivity index (χ4v) is 3.91. The molecule has 0 fully saturated rings. The van der Waals surface area contributed by atoms with E-state index in [1.165, 1.54) is 0 Å². The highest BCUT2D eigenvalue weighted by Gasteiger charge is 2.21. The van der Waals surface area contributed by atoms with Crippen LogP contribution >= 0.6 is 0 Å². The van der Waals surface area contributed by atoms with Gasteiger partial charge in [0.05, 0.1) is 12.2 Å². The van der Waals surface area contributed by atoms with Crippen LogP contribution in [0.4, 0.5) is 11.6 Å². The number of imidazole rings is 1. The van der Waals surface area contributed by atoms with E-state index in [0.717, 1.165) is 34.8 Å². The Hall–Kier alpha value is -4.15. The number of fused-ring (bicyclic) bond motifs is 2. The first-order valence-electron chi connectivity index (χ1n) is 9.92. The molecule has 1 aliphatic rings. The van der Waals surface area contributed by atoms with Crippen LogP contribution in [0.2, 0.25) is 0 Å². The van der Waals surface area contributed by atoms with Crippen molar-refractivity contribution in [3.63, 3.8) is 0 Å². The summed E-state index contributed by atoms with van der Waals surface area (Å²) in [5, 5.41) is 17.2. The number of nitrogens with one attached hydrogen (secondary N) is 1. The number of aromatic nitrogens is 9. The van der Waals surface area contributed by atoms with Gasteiger partial charge < -0.3 is 14.6 Å². The Labute approximate surface area is 176 Å². The van der Waals surface area contributed by atoms with Crippen LogP contribution in [0.25, 0.3) is 28.4 Å². The molecule has 0 aliphatic carbocycles. The molecule has 1 aliphatic heterocycles. The first-order valence-corrected chi connectivity index (χ1v) is 9.92. The van der Waals surface area contributed by atoms with E-state index in [2.05, 4.69) is 20.5 Å². The molecule has 0 radical (unpaired) electrons. The third-order valence-corrected chi connectivity index (χ3v) is 5.44. The highest BCUT2D eigenvalue weighted by atomic mass is 16.5. The van der Waals surface area contributed by atoms with Crippen LogP contribution in [0.5, 0.6) is 5.88 Å². The van der Waals surface area contributed by atoms with Gasteiger partial charge in [-0.15, -0.1) is 5.10 Å². The number of hydrogen-bond acceptors (Lipinski definition) is 7. The topological polar surface area (TPSA) is 105 Å². The number of rotatable bonds is 4. The van der Waals surface area contributed by atoms with Crippen molar-refractivity contribution in [2.45, 2.75) is 13.5 Å². The van der Waals surface area contributed by atoms with Crippen LogP contribution in [0.15, 0.2) is 36.9 Å². The molecule has 6 heterocycles. The molecule has 156 valence electrons. The molecule has 0 spiro atoms. The predicted octanol–water partition coefficient (Wildman–Crippen LogP) is 2.17. The fraction of sp³-hybridized carbons (Fsp3) is 0.250. The Kier molecular flexibility index (Phi) is 3.66. The van der Waals surface area contributed by atoms with Gasteiger partial charge in [-0.25, -0.2) is 19.2 Å². The van der Waals surface area contributed by atoms with Crippen molar-refractivity contribution < 1.29 is 4.74 Å². The van der Waals surface area contributed by atoms with Crippen LogP contribution < -0.4 is 10.1 Å². The molecule has 0 unspecified atom stereocenters. The molecule has 11 nitrogen and oxygen atoms in total. The number of anilines is 2. The fourth-order valence-electron chi connectivity index (χ4n) is 3.91. The predicted molar refractivity (Wildman–Crippen MR) is 113 cm³/mol. The summed E-state index contributed by atoms with van der Waals surface area (Å²) in [7, 11) is 3.82. The van der Waals surface area contributed by atoms with E-state index in [-0.39, 0.29) is 0 Å². The first kappa shape index (κ1) is 17.7. The van der Waals surface area contributed by atoms with Crippen LogP contribution in [-0.2, 0) is 20.6 Å². The lowest BCUT2D eigenvalue weighted by atomic mass is 10.1. The molecule has 1 N–H and O–H groups in total. The van der Waals surface area contributed by atoms with Gasteiger partial charge in [-0.05, 0) is 18.6 Å². The molecule has 0 amide bonds. The van der Waals surface area contributed by atoms with E-state index >= 15 is 0 Å². The summed E-state index contributed by atoms with van der Waals surface area (Å²) >= 11 is 0. The summed E-state index contributed by atoms with van der Waals surface area (Å²) < 4.78 is 12.9. The highest BCUT2D eigenvalue weighted by molar-refractivity contribution is 5.84. The van der Waals surface area contributed by atoms with Crippen molar-refractivity contribution in [3.05, 3.63) is 42.5 Å². The zero-order valence-corrected chi connectivity index (χ0v) is 17.3. The first-order chi connectivity index (χ1) is 15.1. The van der Waals surface area contributed by atoms with Crippen molar-refractivity contribution in [2.24, 2.45) is 14.1 Å². The molecule has 0 atom stereocenters. The zero-order valence-electron chi connectivity index (χ0n) is 17.3. The van der Waals surface area contributed by atoms with Crippen LogP contribution in [-0.4, -0.2) is 50.3 Å². The summed E-state index contributed by atoms with van der Waals surface area (Å²) in [5.74, 6) is 3.24. The van der Waals surface area contributed by atoms with Crippen molar-refractivity contribution in [2.75, 3.05) is 11.9 Å². The molecular formula is C20H20N10O. The Morgan fingerprint density at radius 3 is 2.77 bits per heavy atom. The number of hydrogen-bond donors (Lipinski definition) is 1. The lowest BCUT2D eigenvalue weighted by Crippen LogP contribution is -2.07. The second-order valence-electron chi connectivity index (χ2n) is 7.55. The normalized spacial score (nSPS) is 13.0. The maximum atomic E-state index is 5.59. The number of aryl methyl sites for hydroxylation is 3. The van der Waals surface area contributed by atoms with Crippen molar-refractivity contribution in [1.82, 2.24) is 43.7 Å². The molecular weight excluding hydrogens is 396 g/mol. The largest absolute Gasteiger partial charge is 0.476 e. The molecule has 5 aromatic heterocycles. The standard InChI is InChI=1S/C20H20N10O/c1-12-13(14-4-6-28(3)24-14)11-30-17(12)18(22-15-10-16-29(25-15)8-9-31-16)23-19(26-30)20-21-5-7-27(20)2/h4-7,10-11H,8-9H2,1-3H3,(H,22,23,25,26). The second kappa shape index (κ2) is 6.42. The van der Waals surface area contributed by atoms with Gasteiger partial charge in [-0.1, -0.05) is 0 Å². The van der Waals surface area contributed by atoms with Gasteiger partial charge in [-0.2, -0.15) is 10.2 Å². The monoisotopic (exact) mass is 416 g/mol. The molecule has 5 aromatic rings. The van der Waals surface area contributed by atoms with E-state index in [0.29, 0.717) is 29.9 Å². The van der Waals surface area contributed by atoms with Crippen LogP contribution in [0.1, 0.15) is 5.56 Å². The lowest BCUT2D eigenvalue weighted by Gasteiger charge is -2.09. The van der Waals surface area contributed by atoms with Crippen LogP contribution in [0.3, 0.4) is 0 Å². The molecule has 6 rings (SSSR count). The van der Waals surface area contributed by atoms with Crippen molar-refractivity contribution in [3.8, 4) is 28.8 Å². The van der Waals surface area contributed by atoms with Gasteiger partial charge in [0.1, 0.15) is 12.1 Å². The van der Waals surface area contributed by atoms with Crippen molar-refractivity contribution in [1.29, 1.82) is 0 Å². The quantitative estimate of drug-likeness (QED) is 0.479. The van der Waals surface area contributed by atoms with Gasteiger partial charge in [0.2, 0.25) is 11.7 Å². The lowest BCUT2D eigenvalue weighted by molar-refractivity contribution is 0.357. The summed E-state index contributed by atoms with van der Waals surface area (Å²) in [4.78, 5) is 9.23.